The van der Waals surface area contributed by atoms with Crippen molar-refractivity contribution in [2.75, 3.05) is 0 Å². The van der Waals surface area contributed by atoms with Crippen molar-refractivity contribution in [3.63, 3.8) is 0 Å². The van der Waals surface area contributed by atoms with E-state index in [1.54, 1.807) is 11.3 Å². The molecule has 1 aromatic heterocycles. The van der Waals surface area contributed by atoms with Crippen LogP contribution in [0.4, 0.5) is 0 Å². The zero-order valence-corrected chi connectivity index (χ0v) is 12.2. The summed E-state index contributed by atoms with van der Waals surface area (Å²) in [6, 6.07) is 3.87. The summed E-state index contributed by atoms with van der Waals surface area (Å²) in [5, 5.41) is 12.5. The lowest BCUT2D eigenvalue weighted by molar-refractivity contribution is -0.460. The maximum atomic E-state index is 12.0. The van der Waals surface area contributed by atoms with Crippen molar-refractivity contribution in [3.05, 3.63) is 22.4 Å². The van der Waals surface area contributed by atoms with Crippen molar-refractivity contribution in [2.24, 2.45) is 5.92 Å². The number of carbonyl (C=O) groups excluding carboxylic acids is 3. The van der Waals surface area contributed by atoms with E-state index in [4.69, 9.17) is 0 Å². The SMILES string of the molecule is O=C1CC2(O)C(=O)ON(O1)OC(=O)C2CCCc1cccs1. The van der Waals surface area contributed by atoms with E-state index in [1.165, 1.54) is 0 Å². The minimum atomic E-state index is -2.27. The first-order chi connectivity index (χ1) is 10.5. The molecular weight excluding hydrogens is 314 g/mol. The first-order valence-corrected chi connectivity index (χ1v) is 7.57. The van der Waals surface area contributed by atoms with Gasteiger partial charge in [0.2, 0.25) is 5.39 Å². The smallest absolute Gasteiger partial charge is 0.365 e. The molecule has 118 valence electrons. The van der Waals surface area contributed by atoms with E-state index in [0.717, 1.165) is 4.88 Å². The van der Waals surface area contributed by atoms with Gasteiger partial charge in [0.15, 0.2) is 5.60 Å². The van der Waals surface area contributed by atoms with Gasteiger partial charge in [0.05, 0.1) is 12.3 Å². The summed E-state index contributed by atoms with van der Waals surface area (Å²) in [5.74, 6) is -4.10. The van der Waals surface area contributed by atoms with Crippen molar-refractivity contribution < 1.29 is 34.0 Å². The fourth-order valence-electron chi connectivity index (χ4n) is 2.50. The van der Waals surface area contributed by atoms with E-state index in [2.05, 4.69) is 14.5 Å². The lowest BCUT2D eigenvalue weighted by atomic mass is 9.81. The maximum absolute atomic E-state index is 12.0. The largest absolute Gasteiger partial charge is 0.377 e. The molecule has 2 bridgehead atoms. The molecule has 0 saturated carbocycles. The molecule has 3 unspecified atom stereocenters. The van der Waals surface area contributed by atoms with Crippen molar-refractivity contribution in [1.29, 1.82) is 0 Å². The molecule has 2 aliphatic rings. The number of aliphatic hydroxyl groups is 1. The Bertz CT molecular complexity index is 602. The monoisotopic (exact) mass is 327 g/mol. The second kappa shape index (κ2) is 5.67. The van der Waals surface area contributed by atoms with Gasteiger partial charge in [-0.15, -0.1) is 11.3 Å². The zero-order chi connectivity index (χ0) is 15.7. The lowest BCUT2D eigenvalue weighted by Gasteiger charge is -2.27. The van der Waals surface area contributed by atoms with Crippen molar-refractivity contribution >= 4 is 29.2 Å². The Labute approximate surface area is 129 Å². The third-order valence-corrected chi connectivity index (χ3v) is 4.56. The number of hydrogen-bond donors (Lipinski definition) is 1. The van der Waals surface area contributed by atoms with E-state index in [0.29, 0.717) is 12.8 Å². The Kier molecular flexibility index (Phi) is 3.85. The molecule has 0 radical (unpaired) electrons. The van der Waals surface area contributed by atoms with Crippen molar-refractivity contribution in [3.8, 4) is 0 Å². The van der Waals surface area contributed by atoms with Crippen molar-refractivity contribution in [1.82, 2.24) is 5.39 Å². The molecule has 3 atom stereocenters. The van der Waals surface area contributed by atoms with Gasteiger partial charge in [0.25, 0.3) is 0 Å². The molecule has 2 aliphatic heterocycles. The number of rotatable bonds is 4. The van der Waals surface area contributed by atoms with Crippen LogP contribution in [0.15, 0.2) is 17.5 Å². The first-order valence-electron chi connectivity index (χ1n) is 6.69. The Morgan fingerprint density at radius 1 is 1.32 bits per heavy atom. The third-order valence-electron chi connectivity index (χ3n) is 3.62. The molecule has 3 heterocycles. The van der Waals surface area contributed by atoms with Gasteiger partial charge in [0.1, 0.15) is 0 Å². The molecule has 1 aromatic rings. The molecule has 1 N–H and O–H groups in total. The zero-order valence-electron chi connectivity index (χ0n) is 11.4. The highest BCUT2D eigenvalue weighted by Gasteiger charge is 2.58. The van der Waals surface area contributed by atoms with Crippen molar-refractivity contribution in [2.45, 2.75) is 31.3 Å². The average molecular weight is 327 g/mol. The van der Waals surface area contributed by atoms with Crippen LogP contribution in [0.2, 0.25) is 0 Å². The Morgan fingerprint density at radius 3 is 2.86 bits per heavy atom. The number of carbonyl (C=O) groups is 3. The van der Waals surface area contributed by atoms with Crippen LogP contribution in [-0.4, -0.2) is 34.0 Å². The Balaban J connectivity index is 1.76. The fraction of sp³-hybridized carbons (Fsp3) is 0.462. The van der Waals surface area contributed by atoms with E-state index in [-0.39, 0.29) is 11.8 Å². The number of nitrogens with zero attached hydrogens (tertiary/aromatic N) is 1. The van der Waals surface area contributed by atoms with Gasteiger partial charge in [-0.3, -0.25) is 9.68 Å². The van der Waals surface area contributed by atoms with Gasteiger partial charge in [-0.1, -0.05) is 6.07 Å². The summed E-state index contributed by atoms with van der Waals surface area (Å²) in [4.78, 5) is 50.2. The lowest BCUT2D eigenvalue weighted by Crippen LogP contribution is -2.50. The molecule has 0 aliphatic carbocycles. The van der Waals surface area contributed by atoms with Crippen LogP contribution in [0.1, 0.15) is 24.1 Å². The summed E-state index contributed by atoms with van der Waals surface area (Å²) >= 11 is 1.58. The van der Waals surface area contributed by atoms with Crippen LogP contribution in [0.3, 0.4) is 0 Å². The predicted octanol–water partition coefficient (Wildman–Crippen LogP) is 0.512. The van der Waals surface area contributed by atoms with Crippen LogP contribution in [0, 0.1) is 5.92 Å². The quantitative estimate of drug-likeness (QED) is 0.853. The second-order valence-electron chi connectivity index (χ2n) is 5.10. The minimum absolute atomic E-state index is 0.0598. The van der Waals surface area contributed by atoms with Gasteiger partial charge in [-0.2, -0.15) is 0 Å². The van der Waals surface area contributed by atoms with Crippen LogP contribution in [0.5, 0.6) is 0 Å². The maximum Gasteiger partial charge on any atom is 0.365 e. The molecule has 0 aromatic carbocycles. The van der Waals surface area contributed by atoms with Gasteiger partial charge in [-0.05, 0) is 30.7 Å². The third kappa shape index (κ3) is 2.70. The predicted molar refractivity (Wildman–Crippen MR) is 70.4 cm³/mol. The summed E-state index contributed by atoms with van der Waals surface area (Å²) < 4.78 is 0. The molecule has 9 heteroatoms. The molecular formula is C13H13NO7S. The van der Waals surface area contributed by atoms with Gasteiger partial charge < -0.3 is 9.94 Å². The van der Waals surface area contributed by atoms with Crippen LogP contribution >= 0.6 is 11.3 Å². The fourth-order valence-corrected chi connectivity index (χ4v) is 3.25. The highest BCUT2D eigenvalue weighted by molar-refractivity contribution is 7.09. The van der Waals surface area contributed by atoms with E-state index in [1.807, 2.05) is 17.5 Å². The minimum Gasteiger partial charge on any atom is -0.377 e. The summed E-state index contributed by atoms with van der Waals surface area (Å²) in [5.41, 5.74) is -2.27. The molecule has 22 heavy (non-hydrogen) atoms. The average Bonchev–Trinajstić information content (AvgIpc) is 2.89. The van der Waals surface area contributed by atoms with Gasteiger partial charge >= 0.3 is 17.9 Å². The van der Waals surface area contributed by atoms with E-state index in [9.17, 15) is 19.5 Å². The molecule has 2 fully saturated rings. The van der Waals surface area contributed by atoms with Crippen LogP contribution < -0.4 is 0 Å². The molecule has 0 spiro atoms. The Morgan fingerprint density at radius 2 is 2.14 bits per heavy atom. The molecule has 8 nitrogen and oxygen atoms in total. The highest BCUT2D eigenvalue weighted by atomic mass is 32.1. The van der Waals surface area contributed by atoms with E-state index >= 15 is 0 Å². The van der Waals surface area contributed by atoms with Gasteiger partial charge in [0, 0.05) is 4.88 Å². The van der Waals surface area contributed by atoms with Gasteiger partial charge in [-0.25, -0.2) is 14.4 Å². The number of thiophene rings is 1. The van der Waals surface area contributed by atoms with Crippen LogP contribution in [-0.2, 0) is 35.3 Å². The topological polar surface area (TPSA) is 102 Å². The summed E-state index contributed by atoms with van der Waals surface area (Å²) in [6.07, 6.45) is 0.774. The Hall–Kier alpha value is -1.97. The number of hydrogen-bond acceptors (Lipinski definition) is 9. The number of fused-ring (bicyclic) bond motifs is 3. The highest BCUT2D eigenvalue weighted by Crippen LogP contribution is 2.35. The standard InChI is InChI=1S/C13H13NO7S/c15-10-7-13(18)9(5-1-3-8-4-2-6-22-8)11(16)20-14(19-10)21-12(13)17/h2,4,6,9,18H,1,3,5,7H2. The molecule has 2 saturated heterocycles. The van der Waals surface area contributed by atoms with Crippen LogP contribution in [0.25, 0.3) is 0 Å². The van der Waals surface area contributed by atoms with E-state index < -0.39 is 35.8 Å². The summed E-state index contributed by atoms with van der Waals surface area (Å²) in [6.45, 7) is 0. The molecule has 3 rings (SSSR count). The second-order valence-corrected chi connectivity index (χ2v) is 6.13. The number of aryl methyl sites for hydroxylation is 1. The molecule has 0 amide bonds. The summed E-state index contributed by atoms with van der Waals surface area (Å²) in [7, 11) is 0. The normalized spacial score (nSPS) is 31.0. The first kappa shape index (κ1) is 14.9.